The molecule has 0 spiro atoms. The van der Waals surface area contributed by atoms with Crippen LogP contribution in [0.25, 0.3) is 0 Å². The lowest BCUT2D eigenvalue weighted by molar-refractivity contribution is -0.121. The molecule has 2 heterocycles. The van der Waals surface area contributed by atoms with E-state index in [1.165, 1.54) is 16.0 Å². The summed E-state index contributed by atoms with van der Waals surface area (Å²) >= 11 is 1.86. The van der Waals surface area contributed by atoms with Crippen molar-refractivity contribution in [1.29, 1.82) is 0 Å². The molecule has 0 radical (unpaired) electrons. The molecular weight excluding hydrogens is 356 g/mol. The molecule has 0 atom stereocenters. The van der Waals surface area contributed by atoms with E-state index in [-0.39, 0.29) is 5.91 Å². The smallest absolute Gasteiger partial charge is 0.220 e. The van der Waals surface area contributed by atoms with E-state index in [1.807, 2.05) is 11.3 Å². The summed E-state index contributed by atoms with van der Waals surface area (Å²) in [6.45, 7) is 8.56. The molecule has 4 nitrogen and oxygen atoms in total. The van der Waals surface area contributed by atoms with E-state index < -0.39 is 0 Å². The first kappa shape index (κ1) is 19.9. The van der Waals surface area contributed by atoms with Gasteiger partial charge in [0.05, 0.1) is 6.61 Å². The van der Waals surface area contributed by atoms with Crippen LogP contribution >= 0.6 is 11.3 Å². The summed E-state index contributed by atoms with van der Waals surface area (Å²) in [5.74, 6) is 1.10. The highest BCUT2D eigenvalue weighted by atomic mass is 32.1. The van der Waals surface area contributed by atoms with E-state index >= 15 is 0 Å². The van der Waals surface area contributed by atoms with E-state index in [9.17, 15) is 4.79 Å². The molecule has 0 saturated heterocycles. The van der Waals surface area contributed by atoms with Gasteiger partial charge in [-0.3, -0.25) is 9.69 Å². The highest BCUT2D eigenvalue weighted by molar-refractivity contribution is 7.10. The number of benzene rings is 1. The molecule has 0 fully saturated rings. The predicted octanol–water partition coefficient (Wildman–Crippen LogP) is 4.09. The average Bonchev–Trinajstić information content (AvgIpc) is 3.12. The number of unbranched alkanes of at least 4 members (excludes halogenated alkanes) is 1. The maximum atomic E-state index is 12.0. The first-order valence-corrected chi connectivity index (χ1v) is 10.7. The molecule has 0 bridgehead atoms. The number of fused-ring (bicyclic) bond motifs is 1. The maximum absolute atomic E-state index is 12.0. The summed E-state index contributed by atoms with van der Waals surface area (Å²) in [5.41, 5.74) is 3.82. The molecule has 1 aliphatic rings. The predicted molar refractivity (Wildman–Crippen MR) is 112 cm³/mol. The van der Waals surface area contributed by atoms with Crippen molar-refractivity contribution in [3.8, 4) is 5.75 Å². The molecule has 0 unspecified atom stereocenters. The monoisotopic (exact) mass is 386 g/mol. The Labute approximate surface area is 166 Å². The number of carbonyl (C=O) groups is 1. The Morgan fingerprint density at radius 2 is 2.15 bits per heavy atom. The molecule has 1 amide bonds. The first-order valence-electron chi connectivity index (χ1n) is 9.86. The number of nitrogens with zero attached hydrogens (tertiary/aromatic N) is 1. The Morgan fingerprint density at radius 1 is 1.26 bits per heavy atom. The number of carbonyl (C=O) groups excluding carboxylic acids is 1. The number of hydrogen-bond acceptors (Lipinski definition) is 4. The Balaban J connectivity index is 1.24. The fourth-order valence-corrected chi connectivity index (χ4v) is 4.26. The standard InChI is InChI=1S/C22H30N2O2S/c1-17-6-7-18(2)20(15-17)26-13-4-3-5-22(25)23-10-12-24-11-8-21-19(16-24)9-14-27-21/h6-7,9,14-15H,3-5,8,10-13,16H2,1-2H3,(H,23,25). The number of rotatable bonds is 9. The van der Waals surface area contributed by atoms with Crippen LogP contribution in [-0.4, -0.2) is 37.0 Å². The average molecular weight is 387 g/mol. The second-order valence-corrected chi connectivity index (χ2v) is 8.32. The van der Waals surface area contributed by atoms with E-state index in [2.05, 4.69) is 53.7 Å². The molecule has 0 aliphatic carbocycles. The van der Waals surface area contributed by atoms with E-state index in [1.54, 1.807) is 0 Å². The van der Waals surface area contributed by atoms with Crippen LogP contribution in [0.5, 0.6) is 5.75 Å². The summed E-state index contributed by atoms with van der Waals surface area (Å²) < 4.78 is 5.84. The summed E-state index contributed by atoms with van der Waals surface area (Å²) in [6.07, 6.45) is 3.47. The van der Waals surface area contributed by atoms with Gasteiger partial charge < -0.3 is 10.1 Å². The molecule has 146 valence electrons. The number of nitrogens with one attached hydrogen (secondary N) is 1. The minimum absolute atomic E-state index is 0.148. The highest BCUT2D eigenvalue weighted by Crippen LogP contribution is 2.23. The second-order valence-electron chi connectivity index (χ2n) is 7.32. The molecule has 1 aromatic heterocycles. The Morgan fingerprint density at radius 3 is 3.04 bits per heavy atom. The van der Waals surface area contributed by atoms with Crippen LogP contribution in [0.3, 0.4) is 0 Å². The summed E-state index contributed by atoms with van der Waals surface area (Å²) in [6, 6.07) is 8.47. The molecule has 1 aromatic carbocycles. The summed E-state index contributed by atoms with van der Waals surface area (Å²) in [7, 11) is 0. The van der Waals surface area contributed by atoms with Crippen molar-refractivity contribution in [3.05, 3.63) is 51.2 Å². The number of thiophene rings is 1. The molecule has 0 saturated carbocycles. The number of hydrogen-bond donors (Lipinski definition) is 1. The second kappa shape index (κ2) is 9.90. The zero-order valence-corrected chi connectivity index (χ0v) is 17.2. The lowest BCUT2D eigenvalue weighted by atomic mass is 10.1. The molecule has 3 rings (SSSR count). The zero-order valence-electron chi connectivity index (χ0n) is 16.4. The van der Waals surface area contributed by atoms with Crippen LogP contribution in [-0.2, 0) is 17.8 Å². The van der Waals surface area contributed by atoms with Gasteiger partial charge in [0.2, 0.25) is 5.91 Å². The molecule has 27 heavy (non-hydrogen) atoms. The first-order chi connectivity index (χ1) is 13.1. The maximum Gasteiger partial charge on any atom is 0.220 e. The van der Waals surface area contributed by atoms with Crippen molar-refractivity contribution >= 4 is 17.2 Å². The zero-order chi connectivity index (χ0) is 19.1. The number of amides is 1. The lowest BCUT2D eigenvalue weighted by Crippen LogP contribution is -2.37. The van der Waals surface area contributed by atoms with Crippen molar-refractivity contribution in [2.75, 3.05) is 26.2 Å². The van der Waals surface area contributed by atoms with Crippen LogP contribution in [0.4, 0.5) is 0 Å². The largest absolute Gasteiger partial charge is 0.493 e. The Hall–Kier alpha value is -1.85. The van der Waals surface area contributed by atoms with Gasteiger partial charge in [-0.2, -0.15) is 0 Å². The SMILES string of the molecule is Cc1ccc(C)c(OCCCCC(=O)NCCN2CCc3sccc3C2)c1. The topological polar surface area (TPSA) is 41.6 Å². The Bertz CT molecular complexity index is 757. The van der Waals surface area contributed by atoms with Crippen molar-refractivity contribution in [2.24, 2.45) is 0 Å². The number of ether oxygens (including phenoxy) is 1. The van der Waals surface area contributed by atoms with Crippen molar-refractivity contribution < 1.29 is 9.53 Å². The van der Waals surface area contributed by atoms with Gasteiger partial charge in [0.1, 0.15) is 5.75 Å². The normalized spacial score (nSPS) is 14.0. The van der Waals surface area contributed by atoms with Crippen LogP contribution < -0.4 is 10.1 Å². The quantitative estimate of drug-likeness (QED) is 0.660. The minimum Gasteiger partial charge on any atom is -0.493 e. The Kier molecular flexibility index (Phi) is 7.30. The fourth-order valence-electron chi connectivity index (χ4n) is 3.37. The van der Waals surface area contributed by atoms with Gasteiger partial charge in [-0.05, 0) is 67.3 Å². The highest BCUT2D eigenvalue weighted by Gasteiger charge is 2.16. The van der Waals surface area contributed by atoms with Crippen molar-refractivity contribution in [1.82, 2.24) is 10.2 Å². The van der Waals surface area contributed by atoms with Gasteiger partial charge in [-0.15, -0.1) is 11.3 Å². The fraction of sp³-hybridized carbons (Fsp3) is 0.500. The third-order valence-electron chi connectivity index (χ3n) is 5.04. The van der Waals surface area contributed by atoms with E-state index in [0.29, 0.717) is 13.0 Å². The van der Waals surface area contributed by atoms with Crippen LogP contribution in [0.2, 0.25) is 0 Å². The molecule has 2 aromatic rings. The number of aryl methyl sites for hydroxylation is 2. The van der Waals surface area contributed by atoms with E-state index in [0.717, 1.165) is 56.8 Å². The molecule has 1 aliphatic heterocycles. The van der Waals surface area contributed by atoms with Gasteiger partial charge >= 0.3 is 0 Å². The van der Waals surface area contributed by atoms with Crippen molar-refractivity contribution in [3.63, 3.8) is 0 Å². The van der Waals surface area contributed by atoms with Crippen molar-refractivity contribution in [2.45, 2.75) is 46.1 Å². The molecular formula is C22H30N2O2S. The summed E-state index contributed by atoms with van der Waals surface area (Å²) in [4.78, 5) is 16.0. The third-order valence-corrected chi connectivity index (χ3v) is 6.06. The van der Waals surface area contributed by atoms with Crippen LogP contribution in [0.15, 0.2) is 29.6 Å². The third kappa shape index (κ3) is 6.08. The lowest BCUT2D eigenvalue weighted by Gasteiger charge is -2.26. The van der Waals surface area contributed by atoms with E-state index in [4.69, 9.17) is 4.74 Å². The van der Waals surface area contributed by atoms with Crippen LogP contribution in [0.1, 0.15) is 40.8 Å². The summed E-state index contributed by atoms with van der Waals surface area (Å²) in [5, 5.41) is 5.23. The van der Waals surface area contributed by atoms with Gasteiger partial charge in [0, 0.05) is 37.5 Å². The minimum atomic E-state index is 0.148. The van der Waals surface area contributed by atoms with Gasteiger partial charge in [0.25, 0.3) is 0 Å². The molecule has 5 heteroatoms. The van der Waals surface area contributed by atoms with Gasteiger partial charge in [-0.25, -0.2) is 0 Å². The molecule has 1 N–H and O–H groups in total. The van der Waals surface area contributed by atoms with Gasteiger partial charge in [0.15, 0.2) is 0 Å². The van der Waals surface area contributed by atoms with Crippen LogP contribution in [0, 0.1) is 13.8 Å². The van der Waals surface area contributed by atoms with Gasteiger partial charge in [-0.1, -0.05) is 12.1 Å².